The maximum Gasteiger partial charge on any atom is 0.263 e. The van der Waals surface area contributed by atoms with Gasteiger partial charge in [0.1, 0.15) is 0 Å². The van der Waals surface area contributed by atoms with Gasteiger partial charge < -0.3 is 5.11 Å². The number of aryl methyl sites for hydroxylation is 1. The zero-order chi connectivity index (χ0) is 12.4. The first-order valence-corrected chi connectivity index (χ1v) is 5.16. The standard InChI is InChI=1S/C12H12F2N2O/c1-8-6-15-16(11(8)7-17)10-4-2-9(3-5-10)12(13)14/h2-6,12,17H,7H2,1H3. The zero-order valence-electron chi connectivity index (χ0n) is 9.27. The van der Waals surface area contributed by atoms with Crippen molar-refractivity contribution in [3.05, 3.63) is 47.3 Å². The van der Waals surface area contributed by atoms with Crippen LogP contribution in [0.5, 0.6) is 0 Å². The van der Waals surface area contributed by atoms with E-state index < -0.39 is 6.43 Å². The van der Waals surface area contributed by atoms with Crippen molar-refractivity contribution in [2.24, 2.45) is 0 Å². The van der Waals surface area contributed by atoms with Crippen LogP contribution in [0.2, 0.25) is 0 Å². The third-order valence-corrected chi connectivity index (χ3v) is 2.62. The van der Waals surface area contributed by atoms with E-state index in [2.05, 4.69) is 5.10 Å². The average molecular weight is 238 g/mol. The Balaban J connectivity index is 2.39. The van der Waals surface area contributed by atoms with Gasteiger partial charge in [-0.1, -0.05) is 12.1 Å². The Morgan fingerprint density at radius 1 is 1.29 bits per heavy atom. The second-order valence-corrected chi connectivity index (χ2v) is 3.74. The number of hydrogen-bond acceptors (Lipinski definition) is 2. The summed E-state index contributed by atoms with van der Waals surface area (Å²) in [6.07, 6.45) is -0.840. The van der Waals surface area contributed by atoms with Crippen LogP contribution in [0, 0.1) is 6.92 Å². The summed E-state index contributed by atoms with van der Waals surface area (Å²) in [5.74, 6) is 0. The molecule has 2 aromatic rings. The summed E-state index contributed by atoms with van der Waals surface area (Å²) in [5, 5.41) is 13.3. The Morgan fingerprint density at radius 2 is 1.94 bits per heavy atom. The van der Waals surface area contributed by atoms with Crippen LogP contribution in [0.4, 0.5) is 8.78 Å². The van der Waals surface area contributed by atoms with Crippen molar-refractivity contribution in [3.63, 3.8) is 0 Å². The molecule has 0 saturated heterocycles. The minimum atomic E-state index is -2.47. The Kier molecular flexibility index (Phi) is 3.19. The van der Waals surface area contributed by atoms with Crippen molar-refractivity contribution in [2.75, 3.05) is 0 Å². The van der Waals surface area contributed by atoms with E-state index in [1.165, 1.54) is 12.1 Å². The van der Waals surface area contributed by atoms with E-state index in [4.69, 9.17) is 0 Å². The van der Waals surface area contributed by atoms with Crippen LogP contribution in [0.3, 0.4) is 0 Å². The molecule has 0 aliphatic heterocycles. The predicted octanol–water partition coefficient (Wildman–Crippen LogP) is 2.61. The molecule has 1 heterocycles. The fourth-order valence-corrected chi connectivity index (χ4v) is 1.63. The maximum absolute atomic E-state index is 12.4. The lowest BCUT2D eigenvalue weighted by atomic mass is 10.2. The Morgan fingerprint density at radius 3 is 2.47 bits per heavy atom. The minimum Gasteiger partial charge on any atom is -0.390 e. The van der Waals surface area contributed by atoms with Crippen LogP contribution in [-0.2, 0) is 6.61 Å². The van der Waals surface area contributed by atoms with Gasteiger partial charge in [-0.3, -0.25) is 0 Å². The zero-order valence-corrected chi connectivity index (χ0v) is 9.27. The molecule has 0 spiro atoms. The van der Waals surface area contributed by atoms with Gasteiger partial charge in [-0.2, -0.15) is 5.10 Å². The van der Waals surface area contributed by atoms with Gasteiger partial charge in [0.05, 0.1) is 24.2 Å². The van der Waals surface area contributed by atoms with E-state index in [9.17, 15) is 13.9 Å². The summed E-state index contributed by atoms with van der Waals surface area (Å²) in [6, 6.07) is 5.84. The smallest absolute Gasteiger partial charge is 0.263 e. The summed E-state index contributed by atoms with van der Waals surface area (Å²) < 4.78 is 26.3. The van der Waals surface area contributed by atoms with Gasteiger partial charge in [0, 0.05) is 5.56 Å². The van der Waals surface area contributed by atoms with Crippen molar-refractivity contribution < 1.29 is 13.9 Å². The van der Waals surface area contributed by atoms with Crippen molar-refractivity contribution in [3.8, 4) is 5.69 Å². The number of nitrogens with zero attached hydrogens (tertiary/aromatic N) is 2. The molecule has 2 rings (SSSR count). The van der Waals surface area contributed by atoms with Gasteiger partial charge >= 0.3 is 0 Å². The number of alkyl halides is 2. The molecule has 0 aliphatic rings. The highest BCUT2D eigenvalue weighted by Gasteiger charge is 2.10. The fraction of sp³-hybridized carbons (Fsp3) is 0.250. The molecule has 1 N–H and O–H groups in total. The van der Waals surface area contributed by atoms with E-state index >= 15 is 0 Å². The number of aromatic nitrogens is 2. The first-order chi connectivity index (χ1) is 8.13. The molecule has 0 radical (unpaired) electrons. The topological polar surface area (TPSA) is 38.0 Å². The molecule has 0 atom stereocenters. The second-order valence-electron chi connectivity index (χ2n) is 3.74. The van der Waals surface area contributed by atoms with Crippen LogP contribution in [-0.4, -0.2) is 14.9 Å². The lowest BCUT2D eigenvalue weighted by molar-refractivity contribution is 0.151. The van der Waals surface area contributed by atoms with Crippen LogP contribution >= 0.6 is 0 Å². The van der Waals surface area contributed by atoms with Crippen LogP contribution < -0.4 is 0 Å². The summed E-state index contributed by atoms with van der Waals surface area (Å²) in [7, 11) is 0. The van der Waals surface area contributed by atoms with Gasteiger partial charge in [0.25, 0.3) is 6.43 Å². The van der Waals surface area contributed by atoms with Gasteiger partial charge in [-0.05, 0) is 24.6 Å². The molecule has 90 valence electrons. The van der Waals surface area contributed by atoms with Gasteiger partial charge in [-0.25, -0.2) is 13.5 Å². The van der Waals surface area contributed by atoms with Gasteiger partial charge in [0.15, 0.2) is 0 Å². The number of hydrogen-bond donors (Lipinski definition) is 1. The van der Waals surface area contributed by atoms with Crippen molar-refractivity contribution >= 4 is 0 Å². The molecule has 0 aliphatic carbocycles. The van der Waals surface area contributed by atoms with E-state index in [0.717, 1.165) is 5.56 Å². The van der Waals surface area contributed by atoms with Crippen LogP contribution in [0.25, 0.3) is 5.69 Å². The number of aliphatic hydroxyl groups excluding tert-OH is 1. The highest BCUT2D eigenvalue weighted by Crippen LogP contribution is 2.21. The Labute approximate surface area is 97.3 Å². The molecular weight excluding hydrogens is 226 g/mol. The van der Waals surface area contributed by atoms with E-state index in [1.54, 1.807) is 23.0 Å². The van der Waals surface area contributed by atoms with Crippen LogP contribution in [0.15, 0.2) is 30.5 Å². The predicted molar refractivity (Wildman–Crippen MR) is 59.2 cm³/mol. The summed E-state index contributed by atoms with van der Waals surface area (Å²) in [6.45, 7) is 1.70. The number of aliphatic hydroxyl groups is 1. The van der Waals surface area contributed by atoms with Gasteiger partial charge in [-0.15, -0.1) is 0 Å². The van der Waals surface area contributed by atoms with E-state index in [0.29, 0.717) is 11.4 Å². The number of rotatable bonds is 3. The van der Waals surface area contributed by atoms with Crippen LogP contribution in [0.1, 0.15) is 23.2 Å². The largest absolute Gasteiger partial charge is 0.390 e. The van der Waals surface area contributed by atoms with Crippen molar-refractivity contribution in [1.82, 2.24) is 9.78 Å². The molecule has 5 heteroatoms. The summed E-state index contributed by atoms with van der Waals surface area (Å²) in [5.41, 5.74) is 2.16. The van der Waals surface area contributed by atoms with E-state index in [1.807, 2.05) is 6.92 Å². The molecule has 17 heavy (non-hydrogen) atoms. The highest BCUT2D eigenvalue weighted by atomic mass is 19.3. The van der Waals surface area contributed by atoms with Gasteiger partial charge in [0.2, 0.25) is 0 Å². The van der Waals surface area contributed by atoms with E-state index in [-0.39, 0.29) is 12.2 Å². The Bertz CT molecular complexity index is 506. The molecule has 0 saturated carbocycles. The molecule has 0 bridgehead atoms. The summed E-state index contributed by atoms with van der Waals surface area (Å²) >= 11 is 0. The third kappa shape index (κ3) is 2.19. The second kappa shape index (κ2) is 4.63. The normalized spacial score (nSPS) is 11.1. The number of halogens is 2. The lowest BCUT2D eigenvalue weighted by Gasteiger charge is -2.07. The minimum absolute atomic E-state index is 0.0248. The average Bonchev–Trinajstić information content (AvgIpc) is 2.70. The molecular formula is C12H12F2N2O. The highest BCUT2D eigenvalue weighted by molar-refractivity contribution is 5.37. The quantitative estimate of drug-likeness (QED) is 0.892. The Hall–Kier alpha value is -1.75. The lowest BCUT2D eigenvalue weighted by Crippen LogP contribution is -2.03. The molecule has 0 amide bonds. The number of benzene rings is 1. The molecule has 0 fully saturated rings. The fourth-order valence-electron chi connectivity index (χ4n) is 1.63. The first kappa shape index (κ1) is 11.7. The van der Waals surface area contributed by atoms with Crippen molar-refractivity contribution in [1.29, 1.82) is 0 Å². The molecule has 3 nitrogen and oxygen atoms in total. The summed E-state index contributed by atoms with van der Waals surface area (Å²) in [4.78, 5) is 0. The first-order valence-electron chi connectivity index (χ1n) is 5.16. The molecule has 1 aromatic carbocycles. The maximum atomic E-state index is 12.4. The molecule has 0 unspecified atom stereocenters. The SMILES string of the molecule is Cc1cnn(-c2ccc(C(F)F)cc2)c1CO. The molecule has 1 aromatic heterocycles. The third-order valence-electron chi connectivity index (χ3n) is 2.62. The monoisotopic (exact) mass is 238 g/mol. The van der Waals surface area contributed by atoms with Crippen molar-refractivity contribution in [2.45, 2.75) is 20.0 Å².